The van der Waals surface area contributed by atoms with Gasteiger partial charge in [-0.3, -0.25) is 4.79 Å². The molecular formula is C15H30FNO4Si. The highest BCUT2D eigenvalue weighted by atomic mass is 28.4. The highest BCUT2D eigenvalue weighted by Crippen LogP contribution is 2.37. The fourth-order valence-corrected chi connectivity index (χ4v) is 2.92. The van der Waals surface area contributed by atoms with Crippen LogP contribution >= 0.6 is 0 Å². The Morgan fingerprint density at radius 1 is 1.09 bits per heavy atom. The van der Waals surface area contributed by atoms with E-state index < -0.39 is 38.2 Å². The standard InChI is InChI=1S/C15H30FNO4Si/c1-10(21-22(8,9)15(5,6)7)11(12(16)18)17-13(19)20-14(2,3)4/h10-11H,1-9H3,(H,17,19)/t10-,11+/m1/s1. The van der Waals surface area contributed by atoms with Crippen molar-refractivity contribution in [3.63, 3.8) is 0 Å². The van der Waals surface area contributed by atoms with Crippen LogP contribution in [0.2, 0.25) is 18.1 Å². The topological polar surface area (TPSA) is 64.6 Å². The average Bonchev–Trinajstić information content (AvgIpc) is 2.20. The molecule has 0 unspecified atom stereocenters. The summed E-state index contributed by atoms with van der Waals surface area (Å²) in [6, 6.07) is -3.01. The lowest BCUT2D eigenvalue weighted by molar-refractivity contribution is -0.133. The predicted octanol–water partition coefficient (Wildman–Crippen LogP) is 3.79. The lowest BCUT2D eigenvalue weighted by atomic mass is 10.2. The predicted molar refractivity (Wildman–Crippen MR) is 87.0 cm³/mol. The van der Waals surface area contributed by atoms with Crippen LogP contribution in [0.4, 0.5) is 9.18 Å². The quantitative estimate of drug-likeness (QED) is 0.613. The van der Waals surface area contributed by atoms with E-state index in [2.05, 4.69) is 5.32 Å². The molecule has 0 aliphatic carbocycles. The van der Waals surface area contributed by atoms with Crippen molar-refractivity contribution in [3.05, 3.63) is 0 Å². The van der Waals surface area contributed by atoms with Gasteiger partial charge in [0, 0.05) is 0 Å². The highest BCUT2D eigenvalue weighted by molar-refractivity contribution is 6.74. The molecule has 0 aliphatic heterocycles. The van der Waals surface area contributed by atoms with Crippen LogP contribution in [0.25, 0.3) is 0 Å². The van der Waals surface area contributed by atoms with Gasteiger partial charge >= 0.3 is 12.1 Å². The van der Waals surface area contributed by atoms with Crippen molar-refractivity contribution >= 4 is 20.4 Å². The van der Waals surface area contributed by atoms with E-state index in [1.807, 2.05) is 33.9 Å². The zero-order valence-electron chi connectivity index (χ0n) is 15.2. The molecule has 0 aromatic rings. The molecule has 5 nitrogen and oxygen atoms in total. The van der Waals surface area contributed by atoms with Crippen molar-refractivity contribution in [3.8, 4) is 0 Å². The van der Waals surface area contributed by atoms with Gasteiger partial charge in [-0.05, 0) is 45.8 Å². The molecule has 0 saturated carbocycles. The van der Waals surface area contributed by atoms with E-state index in [-0.39, 0.29) is 5.04 Å². The summed E-state index contributed by atoms with van der Waals surface area (Å²) in [6.45, 7) is 16.8. The van der Waals surface area contributed by atoms with Crippen LogP contribution in [0.15, 0.2) is 0 Å². The highest BCUT2D eigenvalue weighted by Gasteiger charge is 2.41. The van der Waals surface area contributed by atoms with Crippen molar-refractivity contribution in [2.24, 2.45) is 0 Å². The van der Waals surface area contributed by atoms with E-state index >= 15 is 0 Å². The maximum atomic E-state index is 13.3. The summed E-state index contributed by atoms with van der Waals surface area (Å²) in [5, 5.41) is 2.17. The number of carbonyl (C=O) groups is 2. The first-order chi connectivity index (χ1) is 9.57. The van der Waals surface area contributed by atoms with E-state index in [0.29, 0.717) is 0 Å². The molecule has 1 N–H and O–H groups in total. The van der Waals surface area contributed by atoms with Crippen LogP contribution in [0.1, 0.15) is 48.5 Å². The van der Waals surface area contributed by atoms with Gasteiger partial charge in [0.1, 0.15) is 11.6 Å². The second-order valence-electron chi connectivity index (χ2n) is 8.01. The minimum absolute atomic E-state index is 0.0862. The molecule has 1 amide bonds. The van der Waals surface area contributed by atoms with Gasteiger partial charge in [0.25, 0.3) is 0 Å². The number of hydrogen-bond acceptors (Lipinski definition) is 4. The summed E-state index contributed by atoms with van der Waals surface area (Å²) in [5.74, 6) is 0. The van der Waals surface area contributed by atoms with Gasteiger partial charge in [-0.25, -0.2) is 4.79 Å². The molecule has 7 heteroatoms. The Labute approximate surface area is 134 Å². The Bertz CT molecular complexity index is 413. The number of ether oxygens (including phenoxy) is 1. The lowest BCUT2D eigenvalue weighted by Crippen LogP contribution is -2.53. The number of hydrogen-bond donors (Lipinski definition) is 1. The van der Waals surface area contributed by atoms with Gasteiger partial charge < -0.3 is 14.5 Å². The zero-order valence-corrected chi connectivity index (χ0v) is 16.2. The smallest absolute Gasteiger partial charge is 0.408 e. The first-order valence-electron chi connectivity index (χ1n) is 7.43. The minimum atomic E-state index is -2.19. The fraction of sp³-hybridized carbons (Fsp3) is 0.867. The molecule has 2 atom stereocenters. The van der Waals surface area contributed by atoms with Gasteiger partial charge in [-0.1, -0.05) is 20.8 Å². The molecule has 130 valence electrons. The van der Waals surface area contributed by atoms with E-state index in [9.17, 15) is 14.0 Å². The van der Waals surface area contributed by atoms with E-state index in [1.54, 1.807) is 27.7 Å². The van der Waals surface area contributed by atoms with Crippen molar-refractivity contribution in [1.82, 2.24) is 5.32 Å². The summed E-state index contributed by atoms with van der Waals surface area (Å²) in [6.07, 6.45) is -1.61. The van der Waals surface area contributed by atoms with Gasteiger partial charge in [0.2, 0.25) is 0 Å². The number of rotatable bonds is 5. The van der Waals surface area contributed by atoms with Crippen molar-refractivity contribution in [2.45, 2.75) is 84.3 Å². The van der Waals surface area contributed by atoms with Crippen LogP contribution in [0.5, 0.6) is 0 Å². The summed E-state index contributed by atoms with van der Waals surface area (Å²) >= 11 is 0. The van der Waals surface area contributed by atoms with Crippen LogP contribution in [-0.4, -0.2) is 38.2 Å². The van der Waals surface area contributed by atoms with E-state index in [4.69, 9.17) is 9.16 Å². The lowest BCUT2D eigenvalue weighted by Gasteiger charge is -2.39. The number of nitrogens with one attached hydrogen (secondary N) is 1. The molecule has 0 aromatic carbocycles. The van der Waals surface area contributed by atoms with Crippen LogP contribution in [0, 0.1) is 0 Å². The molecule has 0 aromatic heterocycles. The maximum absolute atomic E-state index is 13.3. The summed E-state index contributed by atoms with van der Waals surface area (Å²) in [7, 11) is -2.19. The Kier molecular flexibility index (Phi) is 6.77. The largest absolute Gasteiger partial charge is 0.444 e. The van der Waals surface area contributed by atoms with Crippen LogP contribution in [-0.2, 0) is 14.0 Å². The number of alkyl carbamates (subject to hydrolysis) is 1. The molecule has 0 bridgehead atoms. The van der Waals surface area contributed by atoms with Gasteiger partial charge in [0.15, 0.2) is 8.32 Å². The molecule has 0 radical (unpaired) electrons. The van der Waals surface area contributed by atoms with E-state index in [1.165, 1.54) is 0 Å². The van der Waals surface area contributed by atoms with Crippen molar-refractivity contribution < 1.29 is 23.1 Å². The van der Waals surface area contributed by atoms with Crippen LogP contribution in [0.3, 0.4) is 0 Å². The SMILES string of the molecule is C[C@@H](O[Si](C)(C)C(C)(C)C)[C@H](NC(=O)OC(C)(C)C)C(=O)F. The first kappa shape index (κ1) is 21.0. The molecule has 0 spiro atoms. The maximum Gasteiger partial charge on any atom is 0.408 e. The molecule has 0 saturated heterocycles. The second kappa shape index (κ2) is 7.08. The Balaban J connectivity index is 4.97. The molecule has 0 aliphatic rings. The Morgan fingerprint density at radius 3 is 1.86 bits per heavy atom. The zero-order chi connectivity index (χ0) is 17.9. The normalized spacial score (nSPS) is 15.9. The third-order valence-corrected chi connectivity index (χ3v) is 8.25. The fourth-order valence-electron chi connectivity index (χ4n) is 1.50. The van der Waals surface area contributed by atoms with E-state index in [0.717, 1.165) is 0 Å². The molecule has 0 rings (SSSR count). The molecule has 0 heterocycles. The summed E-state index contributed by atoms with van der Waals surface area (Å²) in [5.41, 5.74) is -0.725. The number of halogens is 1. The Morgan fingerprint density at radius 2 is 1.55 bits per heavy atom. The summed E-state index contributed by atoms with van der Waals surface area (Å²) in [4.78, 5) is 23.0. The molecule has 22 heavy (non-hydrogen) atoms. The second-order valence-corrected chi connectivity index (χ2v) is 12.8. The van der Waals surface area contributed by atoms with Gasteiger partial charge in [-0.2, -0.15) is 4.39 Å². The van der Waals surface area contributed by atoms with Gasteiger partial charge in [0.05, 0.1) is 6.10 Å². The summed E-state index contributed by atoms with van der Waals surface area (Å²) < 4.78 is 24.3. The third kappa shape index (κ3) is 6.87. The average molecular weight is 335 g/mol. The first-order valence-corrected chi connectivity index (χ1v) is 10.3. The molecular weight excluding hydrogens is 305 g/mol. The number of carbonyl (C=O) groups excluding carboxylic acids is 2. The van der Waals surface area contributed by atoms with Crippen molar-refractivity contribution in [1.29, 1.82) is 0 Å². The monoisotopic (exact) mass is 335 g/mol. The Hall–Kier alpha value is -0.953. The van der Waals surface area contributed by atoms with Crippen molar-refractivity contribution in [2.75, 3.05) is 0 Å². The number of amides is 1. The van der Waals surface area contributed by atoms with Gasteiger partial charge in [-0.15, -0.1) is 0 Å². The van der Waals surface area contributed by atoms with Crippen LogP contribution < -0.4 is 5.32 Å². The third-order valence-electron chi connectivity index (χ3n) is 3.67. The molecule has 0 fully saturated rings. The minimum Gasteiger partial charge on any atom is -0.444 e.